The fraction of sp³-hybridized carbons (Fsp3) is 0.778. The molecule has 10 heteroatoms. The Morgan fingerprint density at radius 3 is 2.18 bits per heavy atom. The van der Waals surface area contributed by atoms with Gasteiger partial charge in [-0.1, -0.05) is 13.8 Å². The van der Waals surface area contributed by atoms with E-state index in [0.29, 0.717) is 19.3 Å². The molecule has 160 valence electrons. The number of carbonyl (C=O) groups excluding carboxylic acids is 3. The molecule has 5 atom stereocenters. The van der Waals surface area contributed by atoms with Crippen LogP contribution >= 0.6 is 0 Å². The SMILES string of the molecule is CC(C)C[C@H](NC(=O)[C@H](C)N)C(=O)N[C@H](C(=O)N1CCC[C@H]1C(=O)O)[C@@H](C)O. The summed E-state index contributed by atoms with van der Waals surface area (Å²) in [6, 6.07) is -4.02. The number of amides is 3. The average molecular weight is 400 g/mol. The molecule has 3 amide bonds. The summed E-state index contributed by atoms with van der Waals surface area (Å²) in [4.78, 5) is 49.9. The summed E-state index contributed by atoms with van der Waals surface area (Å²) in [5.74, 6) is -2.85. The van der Waals surface area contributed by atoms with Crippen LogP contribution in [0.25, 0.3) is 0 Å². The highest BCUT2D eigenvalue weighted by Crippen LogP contribution is 2.19. The second kappa shape index (κ2) is 10.4. The van der Waals surface area contributed by atoms with Gasteiger partial charge in [0.1, 0.15) is 18.1 Å². The molecule has 0 aromatic heterocycles. The Morgan fingerprint density at radius 1 is 1.11 bits per heavy atom. The first-order valence-electron chi connectivity index (χ1n) is 9.53. The van der Waals surface area contributed by atoms with Gasteiger partial charge in [-0.05, 0) is 39.0 Å². The van der Waals surface area contributed by atoms with Gasteiger partial charge in [0.25, 0.3) is 0 Å². The van der Waals surface area contributed by atoms with Crippen molar-refractivity contribution in [2.75, 3.05) is 6.54 Å². The summed E-state index contributed by atoms with van der Waals surface area (Å²) in [6.07, 6.45) is -0.0757. The molecule has 1 heterocycles. The molecule has 1 rings (SSSR count). The van der Waals surface area contributed by atoms with E-state index < -0.39 is 54.0 Å². The van der Waals surface area contributed by atoms with Gasteiger partial charge in [-0.2, -0.15) is 0 Å². The highest BCUT2D eigenvalue weighted by Gasteiger charge is 2.40. The summed E-state index contributed by atoms with van der Waals surface area (Å²) in [6.45, 7) is 6.81. The molecule has 0 unspecified atom stereocenters. The Balaban J connectivity index is 2.95. The van der Waals surface area contributed by atoms with E-state index in [0.717, 1.165) is 4.90 Å². The molecular formula is C18H32N4O6. The lowest BCUT2D eigenvalue weighted by atomic mass is 10.0. The maximum Gasteiger partial charge on any atom is 0.326 e. The molecule has 0 saturated carbocycles. The first-order chi connectivity index (χ1) is 13.0. The van der Waals surface area contributed by atoms with Crippen molar-refractivity contribution in [3.8, 4) is 0 Å². The lowest BCUT2D eigenvalue weighted by Crippen LogP contribution is -2.59. The van der Waals surface area contributed by atoms with E-state index in [-0.39, 0.29) is 12.5 Å². The molecule has 28 heavy (non-hydrogen) atoms. The van der Waals surface area contributed by atoms with E-state index >= 15 is 0 Å². The number of carboxylic acids is 1. The minimum absolute atomic E-state index is 0.0693. The lowest BCUT2D eigenvalue weighted by Gasteiger charge is -2.30. The minimum atomic E-state index is -1.31. The summed E-state index contributed by atoms with van der Waals surface area (Å²) >= 11 is 0. The summed E-state index contributed by atoms with van der Waals surface area (Å²) in [7, 11) is 0. The maximum atomic E-state index is 12.8. The van der Waals surface area contributed by atoms with Gasteiger partial charge in [0.05, 0.1) is 12.1 Å². The van der Waals surface area contributed by atoms with Crippen molar-refractivity contribution in [2.45, 2.75) is 77.2 Å². The standard InChI is InChI=1S/C18H32N4O6/c1-9(2)8-12(20-15(24)10(3)19)16(25)21-14(11(4)23)17(26)22-7-5-6-13(22)18(27)28/h9-14,23H,5-8,19H2,1-4H3,(H,20,24)(H,21,25)(H,27,28)/t10-,11+,12-,13-,14-/m0/s1. The smallest absolute Gasteiger partial charge is 0.326 e. The minimum Gasteiger partial charge on any atom is -0.480 e. The largest absolute Gasteiger partial charge is 0.480 e. The van der Waals surface area contributed by atoms with E-state index in [9.17, 15) is 29.4 Å². The van der Waals surface area contributed by atoms with Crippen molar-refractivity contribution >= 4 is 23.7 Å². The van der Waals surface area contributed by atoms with Crippen LogP contribution in [-0.4, -0.2) is 75.6 Å². The van der Waals surface area contributed by atoms with Crippen molar-refractivity contribution in [3.05, 3.63) is 0 Å². The van der Waals surface area contributed by atoms with Crippen molar-refractivity contribution < 1.29 is 29.4 Å². The number of aliphatic hydroxyl groups is 1. The highest BCUT2D eigenvalue weighted by atomic mass is 16.4. The van der Waals surface area contributed by atoms with Gasteiger partial charge in [-0.3, -0.25) is 14.4 Å². The molecule has 1 aliphatic heterocycles. The normalized spacial score (nSPS) is 21.0. The number of hydrogen-bond acceptors (Lipinski definition) is 6. The fourth-order valence-corrected chi connectivity index (χ4v) is 3.11. The molecular weight excluding hydrogens is 368 g/mol. The van der Waals surface area contributed by atoms with Crippen LogP contribution in [-0.2, 0) is 19.2 Å². The zero-order chi connectivity index (χ0) is 21.6. The van der Waals surface area contributed by atoms with Crippen molar-refractivity contribution in [1.29, 1.82) is 0 Å². The van der Waals surface area contributed by atoms with Crippen LogP contribution in [0, 0.1) is 5.92 Å². The van der Waals surface area contributed by atoms with Gasteiger partial charge in [-0.15, -0.1) is 0 Å². The molecule has 0 aromatic carbocycles. The van der Waals surface area contributed by atoms with E-state index in [2.05, 4.69) is 10.6 Å². The van der Waals surface area contributed by atoms with Crippen LogP contribution < -0.4 is 16.4 Å². The molecule has 1 saturated heterocycles. The molecule has 0 aromatic rings. The Hall–Kier alpha value is -2.20. The molecule has 0 bridgehead atoms. The highest BCUT2D eigenvalue weighted by molar-refractivity contribution is 5.94. The second-order valence-corrected chi connectivity index (χ2v) is 7.73. The number of aliphatic carboxylic acids is 1. The number of aliphatic hydroxyl groups excluding tert-OH is 1. The van der Waals surface area contributed by atoms with Crippen LogP contribution in [0.2, 0.25) is 0 Å². The Kier molecular flexibility index (Phi) is 8.83. The van der Waals surface area contributed by atoms with E-state index in [4.69, 9.17) is 5.73 Å². The molecule has 0 spiro atoms. The monoisotopic (exact) mass is 400 g/mol. The van der Waals surface area contributed by atoms with Crippen LogP contribution in [0.3, 0.4) is 0 Å². The van der Waals surface area contributed by atoms with Gasteiger partial charge in [0, 0.05) is 6.54 Å². The third-order valence-corrected chi connectivity index (χ3v) is 4.62. The van der Waals surface area contributed by atoms with Crippen LogP contribution in [0.1, 0.15) is 47.0 Å². The first-order valence-corrected chi connectivity index (χ1v) is 9.53. The number of hydrogen-bond donors (Lipinski definition) is 5. The van der Waals surface area contributed by atoms with Crippen LogP contribution in [0.15, 0.2) is 0 Å². The number of likely N-dealkylation sites (tertiary alicyclic amines) is 1. The van der Waals surface area contributed by atoms with Crippen LogP contribution in [0.5, 0.6) is 0 Å². The van der Waals surface area contributed by atoms with Gasteiger partial charge >= 0.3 is 5.97 Å². The average Bonchev–Trinajstić information content (AvgIpc) is 3.07. The Labute approximate surface area is 164 Å². The molecule has 0 aliphatic carbocycles. The van der Waals surface area contributed by atoms with Crippen molar-refractivity contribution in [3.63, 3.8) is 0 Å². The van der Waals surface area contributed by atoms with E-state index in [1.807, 2.05) is 13.8 Å². The third-order valence-electron chi connectivity index (χ3n) is 4.62. The predicted octanol–water partition coefficient (Wildman–Crippen LogP) is -1.19. The zero-order valence-corrected chi connectivity index (χ0v) is 16.8. The number of carboxylic acid groups (broad SMARTS) is 1. The van der Waals surface area contributed by atoms with Gasteiger partial charge in [0.15, 0.2) is 0 Å². The van der Waals surface area contributed by atoms with E-state index in [1.165, 1.54) is 13.8 Å². The predicted molar refractivity (Wildman–Crippen MR) is 101 cm³/mol. The molecule has 10 nitrogen and oxygen atoms in total. The summed E-state index contributed by atoms with van der Waals surface area (Å²) in [5, 5.41) is 24.3. The zero-order valence-electron chi connectivity index (χ0n) is 16.8. The lowest BCUT2D eigenvalue weighted by molar-refractivity contribution is -0.150. The number of nitrogens with zero attached hydrogens (tertiary/aromatic N) is 1. The topological polar surface area (TPSA) is 162 Å². The summed E-state index contributed by atoms with van der Waals surface area (Å²) in [5.41, 5.74) is 5.54. The Bertz CT molecular complexity index is 593. The van der Waals surface area contributed by atoms with Crippen molar-refractivity contribution in [2.24, 2.45) is 11.7 Å². The molecule has 1 aliphatic rings. The van der Waals surface area contributed by atoms with Crippen LogP contribution in [0.4, 0.5) is 0 Å². The van der Waals surface area contributed by atoms with E-state index in [1.54, 1.807) is 0 Å². The van der Waals surface area contributed by atoms with Crippen molar-refractivity contribution in [1.82, 2.24) is 15.5 Å². The number of rotatable bonds is 9. The quantitative estimate of drug-likeness (QED) is 0.325. The number of nitrogens with two attached hydrogens (primary N) is 1. The molecule has 0 radical (unpaired) electrons. The maximum absolute atomic E-state index is 12.8. The second-order valence-electron chi connectivity index (χ2n) is 7.73. The Morgan fingerprint density at radius 2 is 1.71 bits per heavy atom. The molecule has 6 N–H and O–H groups in total. The van der Waals surface area contributed by atoms with Gasteiger partial charge in [0.2, 0.25) is 17.7 Å². The molecule has 1 fully saturated rings. The number of carbonyl (C=O) groups is 4. The first kappa shape index (κ1) is 23.8. The van der Waals surface area contributed by atoms with Gasteiger partial charge in [-0.25, -0.2) is 4.79 Å². The van der Waals surface area contributed by atoms with Gasteiger partial charge < -0.3 is 31.5 Å². The number of nitrogens with one attached hydrogen (secondary N) is 2. The fourth-order valence-electron chi connectivity index (χ4n) is 3.11. The summed E-state index contributed by atoms with van der Waals surface area (Å²) < 4.78 is 0. The third kappa shape index (κ3) is 6.45.